The zero-order valence-electron chi connectivity index (χ0n) is 30.7. The number of likely N-dealkylation sites (N-methyl/N-ethyl adjacent to an activating group) is 1. The number of nitrogens with one attached hydrogen (secondary N) is 3. The number of carbonyl (C=O) groups excluding carboxylic acids is 2. The maximum absolute atomic E-state index is 13.3. The van der Waals surface area contributed by atoms with E-state index in [2.05, 4.69) is 20.5 Å². The van der Waals surface area contributed by atoms with Gasteiger partial charge in [-0.3, -0.25) is 14.8 Å². The van der Waals surface area contributed by atoms with Crippen molar-refractivity contribution in [3.8, 4) is 11.5 Å². The topological polar surface area (TPSA) is 183 Å². The molecule has 1 saturated carbocycles. The average Bonchev–Trinajstić information content (AvgIpc) is 3.92. The average molecular weight is 831 g/mol. The van der Waals surface area contributed by atoms with Crippen molar-refractivity contribution in [3.05, 3.63) is 108 Å². The maximum Gasteiger partial charge on any atom is 0.411 e. The van der Waals surface area contributed by atoms with Crippen molar-refractivity contribution >= 4 is 62.9 Å². The van der Waals surface area contributed by atoms with Crippen molar-refractivity contribution in [2.24, 2.45) is 0 Å². The van der Waals surface area contributed by atoms with Crippen LogP contribution in [0.4, 0.5) is 15.2 Å². The number of aromatic amines is 1. The van der Waals surface area contributed by atoms with Crippen molar-refractivity contribution in [2.45, 2.75) is 56.1 Å². The molecule has 1 fully saturated rings. The van der Waals surface area contributed by atoms with E-state index in [9.17, 15) is 29.7 Å². The summed E-state index contributed by atoms with van der Waals surface area (Å²) in [6.45, 7) is 1.05. The van der Waals surface area contributed by atoms with E-state index in [4.69, 9.17) is 25.8 Å². The molecule has 1 aliphatic rings. The van der Waals surface area contributed by atoms with Crippen molar-refractivity contribution in [3.63, 3.8) is 0 Å². The zero-order valence-corrected chi connectivity index (χ0v) is 33.0. The molecule has 17 heteroatoms. The predicted octanol–water partition coefficient (Wildman–Crippen LogP) is 6.27. The molecule has 56 heavy (non-hydrogen) atoms. The quantitative estimate of drug-likeness (QED) is 0.0655. The first-order valence-electron chi connectivity index (χ1n) is 17.7. The number of anilines is 1. The minimum atomic E-state index is -1.83. The summed E-state index contributed by atoms with van der Waals surface area (Å²) in [5.74, 6) is -0.339. The Morgan fingerprint density at radius 2 is 1.75 bits per heavy atom. The molecule has 6 rings (SSSR count). The number of ether oxygens (including phenoxy) is 3. The monoisotopic (exact) mass is 830 g/mol. The van der Waals surface area contributed by atoms with E-state index in [1.807, 2.05) is 17.8 Å². The number of halogens is 2. The van der Waals surface area contributed by atoms with Gasteiger partial charge in [0.1, 0.15) is 24.2 Å². The predicted molar refractivity (Wildman–Crippen MR) is 215 cm³/mol. The molecule has 0 radical (unpaired) electrons. The lowest BCUT2D eigenvalue weighted by Gasteiger charge is -2.35. The summed E-state index contributed by atoms with van der Waals surface area (Å²) >= 11 is 9.15. The number of rotatable bonds is 15. The molecule has 0 spiro atoms. The van der Waals surface area contributed by atoms with E-state index in [1.54, 1.807) is 48.5 Å². The molecule has 0 aliphatic heterocycles. The van der Waals surface area contributed by atoms with Crippen LogP contribution in [-0.2, 0) is 26.4 Å². The number of hydrogen-bond donors (Lipinski definition) is 6. The lowest BCUT2D eigenvalue weighted by Crippen LogP contribution is -2.42. The Morgan fingerprint density at radius 1 is 1.05 bits per heavy atom. The number of phenols is 1. The number of phenolic OH excluding ortho intramolecular Hbond substituents is 1. The molecule has 1 amide bonds. The molecule has 1 aliphatic carbocycles. The van der Waals surface area contributed by atoms with Crippen LogP contribution in [0.1, 0.15) is 52.7 Å². The number of carbonyl (C=O) groups is 2. The van der Waals surface area contributed by atoms with Gasteiger partial charge in [0, 0.05) is 48.8 Å². The summed E-state index contributed by atoms with van der Waals surface area (Å²) in [5, 5.41) is 43.0. The second-order valence-electron chi connectivity index (χ2n) is 13.4. The zero-order chi connectivity index (χ0) is 39.1. The molecular weight excluding hydrogens is 787 g/mol. The highest BCUT2D eigenvalue weighted by Gasteiger charge is 2.45. The smallest absolute Gasteiger partial charge is 0.411 e. The number of amides is 1. The Labute approximate surface area is 335 Å². The van der Waals surface area contributed by atoms with E-state index in [-0.39, 0.29) is 52.9 Å². The highest BCUT2D eigenvalue weighted by atomic mass is 35.5. The highest BCUT2D eigenvalue weighted by Crippen LogP contribution is 2.38. The number of benzene rings is 2. The van der Waals surface area contributed by atoms with Crippen LogP contribution in [0, 0.1) is 0 Å². The van der Waals surface area contributed by atoms with Gasteiger partial charge in [0.15, 0.2) is 0 Å². The standard InChI is InChI=1S/C39H43ClN4O9S2.FH/c1-44(26-8-10-27(11-9-26)53-37(48)39(50,33-5-3-15-54-33)34-6-4-16-55-34)13-14-52-38(49)42-29-20-32(51-2)25(18-28(29)40)21-41-22-31(46)24-17-23-7-12-35(47)43-36(23)30(45)19-24;/h3-7,12,15-20,26-27,31,41,45-46,50H,8-11,13-14,21-22H2,1-2H3,(H,42,49)(H,43,47);1H/t26-,27-,31-;/m0./s1. The first-order valence-corrected chi connectivity index (χ1v) is 19.9. The fraction of sp³-hybridized carbons (Fsp3) is 0.359. The molecular formula is C39H44ClFN4O9S2. The van der Waals surface area contributed by atoms with Crippen LogP contribution in [0.15, 0.2) is 76.2 Å². The molecule has 0 unspecified atom stereocenters. The molecule has 3 heterocycles. The summed E-state index contributed by atoms with van der Waals surface area (Å²) < 4.78 is 16.9. The number of esters is 1. The molecule has 0 bridgehead atoms. The molecule has 300 valence electrons. The second kappa shape index (κ2) is 19.1. The van der Waals surface area contributed by atoms with Crippen LogP contribution < -0.4 is 20.9 Å². The number of hydrogen-bond acceptors (Lipinski definition) is 13. The van der Waals surface area contributed by atoms with Gasteiger partial charge in [-0.2, -0.15) is 0 Å². The van der Waals surface area contributed by atoms with E-state index >= 15 is 0 Å². The van der Waals surface area contributed by atoms with Crippen LogP contribution in [0.2, 0.25) is 5.02 Å². The van der Waals surface area contributed by atoms with E-state index in [1.165, 1.54) is 41.9 Å². The lowest BCUT2D eigenvalue weighted by molar-refractivity contribution is -0.169. The molecule has 2 aromatic carbocycles. The number of nitrogens with zero attached hydrogens (tertiary/aromatic N) is 1. The van der Waals surface area contributed by atoms with Crippen LogP contribution in [0.25, 0.3) is 10.9 Å². The molecule has 3 aromatic heterocycles. The molecule has 6 N–H and O–H groups in total. The van der Waals surface area contributed by atoms with E-state index in [0.29, 0.717) is 62.6 Å². The summed E-state index contributed by atoms with van der Waals surface area (Å²) in [5.41, 5.74) is -0.400. The number of aromatic nitrogens is 1. The summed E-state index contributed by atoms with van der Waals surface area (Å²) in [4.78, 5) is 43.4. The Balaban J connectivity index is 0.00000600. The third kappa shape index (κ3) is 9.87. The summed E-state index contributed by atoms with van der Waals surface area (Å²) in [6.07, 6.45) is 0.928. The number of pyridine rings is 1. The molecule has 1 atom stereocenters. The first-order chi connectivity index (χ1) is 26.5. The molecule has 13 nitrogen and oxygen atoms in total. The number of fused-ring (bicyclic) bond motifs is 1. The van der Waals surface area contributed by atoms with Crippen LogP contribution in [-0.4, -0.2) is 83.3 Å². The van der Waals surface area contributed by atoms with Crippen molar-refractivity contribution in [1.82, 2.24) is 15.2 Å². The van der Waals surface area contributed by atoms with Crippen molar-refractivity contribution < 1.29 is 43.8 Å². The van der Waals surface area contributed by atoms with Crippen LogP contribution in [0.5, 0.6) is 11.5 Å². The Hall–Kier alpha value is -4.55. The lowest BCUT2D eigenvalue weighted by atomic mass is 9.91. The van der Waals surface area contributed by atoms with Gasteiger partial charge in [-0.1, -0.05) is 23.7 Å². The largest absolute Gasteiger partial charge is 0.506 e. The van der Waals surface area contributed by atoms with Gasteiger partial charge in [-0.05, 0) is 85.5 Å². The third-order valence-electron chi connectivity index (χ3n) is 9.75. The normalized spacial score (nSPS) is 16.2. The minimum absolute atomic E-state index is 0. The number of aliphatic hydroxyl groups is 2. The Kier molecular flexibility index (Phi) is 14.5. The molecule has 0 saturated heterocycles. The number of aromatic hydroxyl groups is 1. The third-order valence-corrected chi connectivity index (χ3v) is 12.0. The number of thiophene rings is 2. The van der Waals surface area contributed by atoms with Gasteiger partial charge in [-0.15, -0.1) is 22.7 Å². The minimum Gasteiger partial charge on any atom is -0.506 e. The fourth-order valence-corrected chi connectivity index (χ4v) is 8.63. The van der Waals surface area contributed by atoms with Crippen LogP contribution >= 0.6 is 34.3 Å². The fourth-order valence-electron chi connectivity index (χ4n) is 6.68. The second-order valence-corrected chi connectivity index (χ2v) is 15.7. The number of methoxy groups -OCH3 is 1. The van der Waals surface area contributed by atoms with E-state index in [0.717, 1.165) is 12.8 Å². The van der Waals surface area contributed by atoms with Crippen molar-refractivity contribution in [1.29, 1.82) is 0 Å². The highest BCUT2D eigenvalue weighted by molar-refractivity contribution is 7.12. The van der Waals surface area contributed by atoms with Gasteiger partial charge in [0.25, 0.3) is 0 Å². The number of aliphatic hydroxyl groups excluding tert-OH is 1. The van der Waals surface area contributed by atoms with Gasteiger partial charge in [0.05, 0.1) is 39.2 Å². The Morgan fingerprint density at radius 3 is 2.39 bits per heavy atom. The maximum atomic E-state index is 13.3. The number of H-pyrrole nitrogens is 1. The summed E-state index contributed by atoms with van der Waals surface area (Å²) in [6, 6.07) is 16.6. The summed E-state index contributed by atoms with van der Waals surface area (Å²) in [7, 11) is 3.46. The van der Waals surface area contributed by atoms with E-state index < -0.39 is 23.8 Å². The van der Waals surface area contributed by atoms with Crippen LogP contribution in [0.3, 0.4) is 0 Å². The Bertz CT molecular complexity index is 2110. The van der Waals surface area contributed by atoms with Gasteiger partial charge < -0.3 is 44.7 Å². The van der Waals surface area contributed by atoms with Gasteiger partial charge >= 0.3 is 12.1 Å². The first kappa shape index (κ1) is 42.6. The molecule has 5 aromatic rings. The SMILES string of the molecule is COc1cc(NC(=O)OCCN(C)[C@H]2CC[C@H](OC(=O)C(O)(c3cccs3)c3cccs3)CC2)c(Cl)cc1CNC[C@H](O)c1cc(O)c2[nH]c(=O)ccc2c1.F. The van der Waals surface area contributed by atoms with Crippen molar-refractivity contribution in [2.75, 3.05) is 39.2 Å². The van der Waals surface area contributed by atoms with Gasteiger partial charge in [-0.25, -0.2) is 9.59 Å². The van der Waals surface area contributed by atoms with Gasteiger partial charge in [0.2, 0.25) is 11.2 Å².